The van der Waals surface area contributed by atoms with E-state index in [1.807, 2.05) is 24.3 Å². The topological polar surface area (TPSA) is 137 Å². The molecular formula is C45H35F7N10O2S. The number of nitrogens with one attached hydrogen (secondary N) is 3. The van der Waals surface area contributed by atoms with Crippen molar-refractivity contribution in [3.8, 4) is 22.5 Å². The molecule has 4 aliphatic rings. The van der Waals surface area contributed by atoms with Crippen LogP contribution < -0.4 is 20.4 Å². The van der Waals surface area contributed by atoms with Crippen molar-refractivity contribution in [3.63, 3.8) is 0 Å². The number of carbonyl (C=O) groups is 2. The number of benzene rings is 3. The van der Waals surface area contributed by atoms with Crippen LogP contribution in [0.3, 0.4) is 0 Å². The number of aromatic nitrogens is 6. The van der Waals surface area contributed by atoms with Gasteiger partial charge in [-0.15, -0.1) is 0 Å². The Labute approximate surface area is 368 Å². The van der Waals surface area contributed by atoms with E-state index in [1.165, 1.54) is 11.3 Å². The van der Waals surface area contributed by atoms with Crippen molar-refractivity contribution in [2.45, 2.75) is 50.0 Å². The maximum atomic E-state index is 15.5. The number of aromatic amines is 1. The predicted octanol–water partition coefficient (Wildman–Crippen LogP) is 8.12. The number of nitrogens with zero attached hydrogens (tertiary/aromatic N) is 7. The van der Waals surface area contributed by atoms with Crippen molar-refractivity contribution in [1.29, 1.82) is 0 Å². The molecule has 12 nitrogen and oxygen atoms in total. The molecule has 2 amide bonds. The fraction of sp³-hybridized carbons (Fsp3) is 0.289. The number of thiazole rings is 1. The number of imidazole rings is 1. The molecular weight excluding hydrogens is 878 g/mol. The molecule has 11 rings (SSSR count). The molecule has 2 fully saturated rings. The van der Waals surface area contributed by atoms with Crippen LogP contribution in [0.5, 0.6) is 0 Å². The van der Waals surface area contributed by atoms with Gasteiger partial charge in [0, 0.05) is 85.0 Å². The van der Waals surface area contributed by atoms with E-state index in [2.05, 4.69) is 35.5 Å². The molecule has 3 N–H and O–H groups in total. The number of amides is 2. The molecule has 0 bridgehead atoms. The van der Waals surface area contributed by atoms with Crippen molar-refractivity contribution >= 4 is 44.3 Å². The molecule has 2 aliphatic heterocycles. The Kier molecular flexibility index (Phi) is 9.53. The number of hydrogen-bond acceptors (Lipinski definition) is 9. The molecule has 0 spiro atoms. The summed E-state index contributed by atoms with van der Waals surface area (Å²) in [6.07, 6.45) is -1.98. The summed E-state index contributed by atoms with van der Waals surface area (Å²) in [4.78, 5) is 48.6. The first-order valence-corrected chi connectivity index (χ1v) is 21.6. The average Bonchev–Trinajstić information content (AvgIpc) is 3.73. The van der Waals surface area contributed by atoms with Gasteiger partial charge in [0.1, 0.15) is 29.7 Å². The molecule has 0 unspecified atom stereocenters. The first-order chi connectivity index (χ1) is 31.2. The summed E-state index contributed by atoms with van der Waals surface area (Å²) in [5.74, 6) is -8.31. The lowest BCUT2D eigenvalue weighted by Gasteiger charge is -2.36. The van der Waals surface area contributed by atoms with E-state index < -0.39 is 71.0 Å². The highest BCUT2D eigenvalue weighted by Crippen LogP contribution is 2.68. The smallest absolute Gasteiger partial charge is 0.368 e. The number of hydrogen-bond donors (Lipinski definition) is 3. The summed E-state index contributed by atoms with van der Waals surface area (Å²) in [5, 5.41) is 9.70. The number of fused-ring (bicyclic) bond motifs is 5. The van der Waals surface area contributed by atoms with E-state index in [9.17, 15) is 31.5 Å². The van der Waals surface area contributed by atoms with E-state index in [4.69, 9.17) is 9.97 Å². The molecule has 1 saturated carbocycles. The number of alkyl halides is 5. The lowest BCUT2D eigenvalue weighted by Crippen LogP contribution is -2.46. The van der Waals surface area contributed by atoms with Gasteiger partial charge in [0.2, 0.25) is 5.91 Å². The highest BCUT2D eigenvalue weighted by atomic mass is 32.1. The van der Waals surface area contributed by atoms with Crippen LogP contribution in [0.25, 0.3) is 32.9 Å². The van der Waals surface area contributed by atoms with Gasteiger partial charge in [-0.05, 0) is 84.0 Å². The summed E-state index contributed by atoms with van der Waals surface area (Å²) < 4.78 is 104. The lowest BCUT2D eigenvalue weighted by atomic mass is 9.93. The fourth-order valence-electron chi connectivity index (χ4n) is 9.44. The zero-order valence-corrected chi connectivity index (χ0v) is 34.7. The Hall–Kier alpha value is -6.83. The van der Waals surface area contributed by atoms with Gasteiger partial charge >= 0.3 is 6.18 Å². The van der Waals surface area contributed by atoms with Gasteiger partial charge < -0.3 is 25.4 Å². The molecule has 65 heavy (non-hydrogen) atoms. The Morgan fingerprint density at radius 3 is 2.38 bits per heavy atom. The normalized spacial score (nSPS) is 19.0. The minimum Gasteiger partial charge on any atom is -0.368 e. The van der Waals surface area contributed by atoms with E-state index in [1.54, 1.807) is 36.7 Å². The molecule has 1 saturated heterocycles. The molecule has 3 atom stereocenters. The Morgan fingerprint density at radius 2 is 1.66 bits per heavy atom. The maximum Gasteiger partial charge on any atom is 0.435 e. The summed E-state index contributed by atoms with van der Waals surface area (Å²) >= 11 is 1.38. The SMILES string of the molecule is O=C(Cn1nc(C(F)(F)F)c2c1C(F)(F)[C@@H]1C[C@H]21)N[C@@H](Cc1cc(F)cc(F)c1)c1nc2nc(N3CCN(c4ccc(-c5ncc[nH]5)cc4)CC3)sc2cc1-c1ccc2c(c1)C(=O)NC2. The molecule has 332 valence electrons. The van der Waals surface area contributed by atoms with Crippen LogP contribution in [0, 0.1) is 17.6 Å². The first-order valence-electron chi connectivity index (χ1n) is 20.8. The third-order valence-corrected chi connectivity index (χ3v) is 13.6. The zero-order valence-electron chi connectivity index (χ0n) is 33.9. The average molecular weight is 913 g/mol. The van der Waals surface area contributed by atoms with Gasteiger partial charge in [-0.2, -0.15) is 32.0 Å². The fourth-order valence-corrected chi connectivity index (χ4v) is 10.4. The first kappa shape index (κ1) is 40.9. The molecule has 2 aliphatic carbocycles. The quantitative estimate of drug-likeness (QED) is 0.117. The minimum absolute atomic E-state index is 0.0902. The highest BCUT2D eigenvalue weighted by Gasteiger charge is 2.68. The second-order valence-electron chi connectivity index (χ2n) is 16.7. The van der Waals surface area contributed by atoms with Crippen molar-refractivity contribution in [2.24, 2.45) is 5.92 Å². The third kappa shape index (κ3) is 7.32. The number of carbonyl (C=O) groups excluding carboxylic acids is 2. The van der Waals surface area contributed by atoms with Crippen LogP contribution in [0.1, 0.15) is 62.5 Å². The van der Waals surface area contributed by atoms with Crippen molar-refractivity contribution < 1.29 is 40.3 Å². The Morgan fingerprint density at radius 1 is 0.923 bits per heavy atom. The van der Waals surface area contributed by atoms with Gasteiger partial charge in [0.05, 0.1) is 16.4 Å². The highest BCUT2D eigenvalue weighted by molar-refractivity contribution is 7.22. The molecule has 4 aromatic heterocycles. The predicted molar refractivity (Wildman–Crippen MR) is 225 cm³/mol. The number of piperazine rings is 1. The Balaban J connectivity index is 0.947. The van der Waals surface area contributed by atoms with Crippen molar-refractivity contribution in [1.82, 2.24) is 40.3 Å². The number of anilines is 2. The van der Waals surface area contributed by atoms with E-state index in [0.29, 0.717) is 70.0 Å². The summed E-state index contributed by atoms with van der Waals surface area (Å²) in [5.41, 5.74) is 1.64. The van der Waals surface area contributed by atoms with Crippen molar-refractivity contribution in [3.05, 3.63) is 130 Å². The third-order valence-electron chi connectivity index (χ3n) is 12.6. The summed E-state index contributed by atoms with van der Waals surface area (Å²) in [6, 6.07) is 16.7. The van der Waals surface area contributed by atoms with Gasteiger partial charge in [0.15, 0.2) is 16.5 Å². The molecule has 20 heteroatoms. The second-order valence-corrected chi connectivity index (χ2v) is 17.7. The van der Waals surface area contributed by atoms with Gasteiger partial charge in [-0.1, -0.05) is 23.5 Å². The number of rotatable bonds is 10. The van der Waals surface area contributed by atoms with E-state index >= 15 is 8.78 Å². The van der Waals surface area contributed by atoms with Crippen LogP contribution in [-0.2, 0) is 36.4 Å². The van der Waals surface area contributed by atoms with Gasteiger partial charge in [0.25, 0.3) is 11.8 Å². The molecule has 3 aromatic carbocycles. The van der Waals surface area contributed by atoms with Crippen LogP contribution >= 0.6 is 11.3 Å². The van der Waals surface area contributed by atoms with E-state index in [0.717, 1.165) is 34.8 Å². The summed E-state index contributed by atoms with van der Waals surface area (Å²) in [6.45, 7) is 1.92. The van der Waals surface area contributed by atoms with Gasteiger partial charge in [-0.25, -0.2) is 18.7 Å². The summed E-state index contributed by atoms with van der Waals surface area (Å²) in [7, 11) is 0. The maximum absolute atomic E-state index is 15.5. The molecule has 0 radical (unpaired) electrons. The van der Waals surface area contributed by atoms with Crippen LogP contribution in [0.15, 0.2) is 79.1 Å². The Bertz CT molecular complexity index is 3010. The standard InChI is InChI=1S/C45H35F7N10O2S/c46-26-13-22(14-27(47)17-26)15-33(56-35(63)21-62-39-36(38(59-62)45(50,51)52)31-18-32(31)44(39,48)49)37-29(24-1-2-25-20-55-42(64)30(25)16-24)19-34-41(57-37)58-43(65-34)61-11-9-60(10-12-61)28-5-3-23(4-6-28)40-53-7-8-54-40/h1-8,13-14,16-17,19,31-33H,9-12,15,18,20-21H2,(H,53,54)(H,55,64)(H,56,63)/t31-,32+,33-/m0/s1. The largest absolute Gasteiger partial charge is 0.435 e. The second kappa shape index (κ2) is 15.1. The lowest BCUT2D eigenvalue weighted by molar-refractivity contribution is -0.142. The minimum atomic E-state index is -5.04. The monoisotopic (exact) mass is 912 g/mol. The number of pyridine rings is 1. The van der Waals surface area contributed by atoms with Crippen LogP contribution in [0.4, 0.5) is 41.6 Å². The van der Waals surface area contributed by atoms with Crippen molar-refractivity contribution in [2.75, 3.05) is 36.0 Å². The van der Waals surface area contributed by atoms with Gasteiger partial charge in [-0.3, -0.25) is 14.3 Å². The molecule has 7 aromatic rings. The molecule has 6 heterocycles. The van der Waals surface area contributed by atoms with Crippen LogP contribution in [0.2, 0.25) is 0 Å². The number of H-pyrrole nitrogens is 1. The van der Waals surface area contributed by atoms with Crippen LogP contribution in [-0.4, -0.2) is 67.7 Å². The number of halogens is 7. The zero-order chi connectivity index (χ0) is 44.9. The van der Waals surface area contributed by atoms with E-state index in [-0.39, 0.29) is 35.7 Å².